The van der Waals surface area contributed by atoms with E-state index >= 15 is 0 Å². The van der Waals surface area contributed by atoms with Gasteiger partial charge in [0.2, 0.25) is 0 Å². The number of carbonyl (C=O) groups excluding carboxylic acids is 1. The van der Waals surface area contributed by atoms with Crippen molar-refractivity contribution in [1.82, 2.24) is 9.88 Å². The zero-order chi connectivity index (χ0) is 18.1. The predicted octanol–water partition coefficient (Wildman–Crippen LogP) is 4.25. The molecule has 0 saturated heterocycles. The van der Waals surface area contributed by atoms with Crippen LogP contribution in [-0.2, 0) is 11.8 Å². The number of carboxylic acid groups (broad SMARTS) is 1. The van der Waals surface area contributed by atoms with Crippen LogP contribution >= 0.6 is 23.2 Å². The van der Waals surface area contributed by atoms with Gasteiger partial charge in [0, 0.05) is 30.4 Å². The molecule has 134 valence electrons. The molecule has 1 amide bonds. The van der Waals surface area contributed by atoms with Crippen LogP contribution in [0.4, 0.5) is 0 Å². The lowest BCUT2D eigenvalue weighted by atomic mass is 9.84. The number of halogens is 2. The largest absolute Gasteiger partial charge is 0.481 e. The Morgan fingerprint density at radius 3 is 2.80 bits per heavy atom. The topological polar surface area (TPSA) is 71.3 Å². The van der Waals surface area contributed by atoms with Gasteiger partial charge < -0.3 is 15.0 Å². The molecular weight excluding hydrogens is 363 g/mol. The standard InChI is InChI=1S/C18H20Cl2N2O3/c1-22-14-6-5-13(19)17(20)12(14)9-15(22)18(25)21-11-4-2-3-10(7-11)8-16(23)24/h5-6,9-11H,2-4,7-8H2,1H3,(H,21,25)(H,23,24). The van der Waals surface area contributed by atoms with Gasteiger partial charge >= 0.3 is 5.97 Å². The Balaban J connectivity index is 1.77. The average molecular weight is 383 g/mol. The lowest BCUT2D eigenvalue weighted by molar-refractivity contribution is -0.138. The van der Waals surface area contributed by atoms with Gasteiger partial charge in [-0.05, 0) is 43.4 Å². The zero-order valence-corrected chi connectivity index (χ0v) is 15.4. The molecule has 1 saturated carbocycles. The number of amides is 1. The van der Waals surface area contributed by atoms with Crippen molar-refractivity contribution in [2.75, 3.05) is 0 Å². The van der Waals surface area contributed by atoms with Gasteiger partial charge in [0.25, 0.3) is 5.91 Å². The van der Waals surface area contributed by atoms with Gasteiger partial charge in [0.05, 0.1) is 10.0 Å². The molecule has 0 radical (unpaired) electrons. The minimum absolute atomic E-state index is 0.00247. The number of carboxylic acids is 1. The van der Waals surface area contributed by atoms with E-state index in [1.54, 1.807) is 16.7 Å². The summed E-state index contributed by atoms with van der Waals surface area (Å²) in [6.07, 6.45) is 3.57. The first-order valence-electron chi connectivity index (χ1n) is 8.33. The van der Waals surface area contributed by atoms with Gasteiger partial charge in [-0.2, -0.15) is 0 Å². The Bertz CT molecular complexity index is 831. The summed E-state index contributed by atoms with van der Waals surface area (Å²) in [7, 11) is 1.82. The second-order valence-corrected chi connectivity index (χ2v) is 7.47. The molecule has 0 spiro atoms. The van der Waals surface area contributed by atoms with Crippen LogP contribution in [0.25, 0.3) is 10.9 Å². The van der Waals surface area contributed by atoms with Crippen LogP contribution < -0.4 is 5.32 Å². The number of nitrogens with zero attached hydrogens (tertiary/aromatic N) is 1. The fraction of sp³-hybridized carbons (Fsp3) is 0.444. The predicted molar refractivity (Wildman–Crippen MR) is 98.4 cm³/mol. The third kappa shape index (κ3) is 3.77. The summed E-state index contributed by atoms with van der Waals surface area (Å²) in [5.41, 5.74) is 1.35. The second kappa shape index (κ2) is 7.26. The maximum atomic E-state index is 12.7. The highest BCUT2D eigenvalue weighted by molar-refractivity contribution is 6.45. The van der Waals surface area contributed by atoms with E-state index in [9.17, 15) is 9.59 Å². The van der Waals surface area contributed by atoms with Crippen molar-refractivity contribution in [3.8, 4) is 0 Å². The molecule has 25 heavy (non-hydrogen) atoms. The summed E-state index contributed by atoms with van der Waals surface area (Å²) in [6.45, 7) is 0. The summed E-state index contributed by atoms with van der Waals surface area (Å²) in [4.78, 5) is 23.6. The third-order valence-electron chi connectivity index (χ3n) is 4.93. The molecule has 2 N–H and O–H groups in total. The molecule has 2 atom stereocenters. The van der Waals surface area contributed by atoms with Crippen molar-refractivity contribution in [3.05, 3.63) is 33.9 Å². The molecule has 0 aliphatic heterocycles. The minimum Gasteiger partial charge on any atom is -0.481 e. The van der Waals surface area contributed by atoms with E-state index < -0.39 is 5.97 Å². The molecule has 5 nitrogen and oxygen atoms in total. The van der Waals surface area contributed by atoms with Gasteiger partial charge in [-0.3, -0.25) is 9.59 Å². The number of aryl methyl sites for hydroxylation is 1. The van der Waals surface area contributed by atoms with E-state index in [0.717, 1.165) is 30.2 Å². The quantitative estimate of drug-likeness (QED) is 0.829. The van der Waals surface area contributed by atoms with E-state index in [-0.39, 0.29) is 24.3 Å². The third-order valence-corrected chi connectivity index (χ3v) is 5.75. The fourth-order valence-corrected chi connectivity index (χ4v) is 4.06. The first kappa shape index (κ1) is 18.1. The van der Waals surface area contributed by atoms with E-state index in [2.05, 4.69) is 5.32 Å². The van der Waals surface area contributed by atoms with Crippen LogP contribution in [0.2, 0.25) is 10.0 Å². The van der Waals surface area contributed by atoms with Gasteiger partial charge in [-0.1, -0.05) is 29.6 Å². The smallest absolute Gasteiger partial charge is 0.303 e. The summed E-state index contributed by atoms with van der Waals surface area (Å²) in [5, 5.41) is 13.6. The number of nitrogens with one attached hydrogen (secondary N) is 1. The minimum atomic E-state index is -0.780. The lowest BCUT2D eigenvalue weighted by Gasteiger charge is -2.28. The van der Waals surface area contributed by atoms with E-state index in [0.29, 0.717) is 22.2 Å². The maximum absolute atomic E-state index is 12.7. The molecule has 3 rings (SSSR count). The Kier molecular flexibility index (Phi) is 5.25. The number of aromatic nitrogens is 1. The molecular formula is C18H20Cl2N2O3. The van der Waals surface area contributed by atoms with Crippen molar-refractivity contribution < 1.29 is 14.7 Å². The number of aliphatic carboxylic acids is 1. The summed E-state index contributed by atoms with van der Waals surface area (Å²) in [6, 6.07) is 5.30. The fourth-order valence-electron chi connectivity index (χ4n) is 3.68. The van der Waals surface area contributed by atoms with E-state index in [1.165, 1.54) is 0 Å². The van der Waals surface area contributed by atoms with E-state index in [1.807, 2.05) is 13.1 Å². The maximum Gasteiger partial charge on any atom is 0.303 e. The average Bonchev–Trinajstić information content (AvgIpc) is 2.88. The Labute approximate surface area is 155 Å². The summed E-state index contributed by atoms with van der Waals surface area (Å²) in [5.74, 6) is -0.832. The summed E-state index contributed by atoms with van der Waals surface area (Å²) < 4.78 is 1.80. The monoisotopic (exact) mass is 382 g/mol. The molecule has 1 aliphatic rings. The number of benzene rings is 1. The molecule has 1 aromatic carbocycles. The number of carbonyl (C=O) groups is 2. The Morgan fingerprint density at radius 1 is 1.32 bits per heavy atom. The number of hydrogen-bond donors (Lipinski definition) is 2. The molecule has 1 aromatic heterocycles. The van der Waals surface area contributed by atoms with Crippen molar-refractivity contribution in [2.24, 2.45) is 13.0 Å². The van der Waals surface area contributed by atoms with Crippen molar-refractivity contribution >= 4 is 46.0 Å². The number of hydrogen-bond acceptors (Lipinski definition) is 2. The van der Waals surface area contributed by atoms with Crippen LogP contribution in [0.1, 0.15) is 42.6 Å². The highest BCUT2D eigenvalue weighted by atomic mass is 35.5. The van der Waals surface area contributed by atoms with Crippen LogP contribution in [0.3, 0.4) is 0 Å². The van der Waals surface area contributed by atoms with Gasteiger partial charge in [-0.25, -0.2) is 0 Å². The normalized spacial score (nSPS) is 20.6. The van der Waals surface area contributed by atoms with Gasteiger partial charge in [0.15, 0.2) is 0 Å². The molecule has 1 heterocycles. The highest BCUT2D eigenvalue weighted by Gasteiger charge is 2.26. The van der Waals surface area contributed by atoms with Crippen LogP contribution in [0.15, 0.2) is 18.2 Å². The molecule has 7 heteroatoms. The van der Waals surface area contributed by atoms with E-state index in [4.69, 9.17) is 28.3 Å². The summed E-state index contributed by atoms with van der Waals surface area (Å²) >= 11 is 12.3. The van der Waals surface area contributed by atoms with Gasteiger partial charge in [-0.15, -0.1) is 0 Å². The molecule has 2 unspecified atom stereocenters. The molecule has 1 aliphatic carbocycles. The first-order chi connectivity index (χ1) is 11.9. The van der Waals surface area contributed by atoms with Crippen LogP contribution in [-0.4, -0.2) is 27.6 Å². The van der Waals surface area contributed by atoms with Crippen LogP contribution in [0.5, 0.6) is 0 Å². The molecule has 1 fully saturated rings. The molecule has 0 bridgehead atoms. The van der Waals surface area contributed by atoms with Crippen molar-refractivity contribution in [3.63, 3.8) is 0 Å². The molecule has 2 aromatic rings. The second-order valence-electron chi connectivity index (χ2n) is 6.68. The highest BCUT2D eigenvalue weighted by Crippen LogP contribution is 2.33. The SMILES string of the molecule is Cn1c(C(=O)NC2CCCC(CC(=O)O)C2)cc2c(Cl)c(Cl)ccc21. The first-order valence-corrected chi connectivity index (χ1v) is 9.08. The van der Waals surface area contributed by atoms with Crippen molar-refractivity contribution in [1.29, 1.82) is 0 Å². The number of rotatable bonds is 4. The zero-order valence-electron chi connectivity index (χ0n) is 13.9. The van der Waals surface area contributed by atoms with Gasteiger partial charge in [0.1, 0.15) is 5.69 Å². The van der Waals surface area contributed by atoms with Crippen LogP contribution in [0, 0.1) is 5.92 Å². The number of fused-ring (bicyclic) bond motifs is 1. The lowest BCUT2D eigenvalue weighted by Crippen LogP contribution is -2.39. The Morgan fingerprint density at radius 2 is 2.08 bits per heavy atom. The van der Waals surface area contributed by atoms with Crippen molar-refractivity contribution in [2.45, 2.75) is 38.1 Å². The Hall–Kier alpha value is -1.72.